The summed E-state index contributed by atoms with van der Waals surface area (Å²) in [7, 11) is -1.97. The molecule has 3 aliphatic rings. The average molecular weight is 550 g/mol. The van der Waals surface area contributed by atoms with E-state index in [4.69, 9.17) is 14.7 Å². The number of rotatable bonds is 6. The highest BCUT2D eigenvalue weighted by Gasteiger charge is 2.34. The number of piperidine rings is 1. The van der Waals surface area contributed by atoms with E-state index in [1.807, 2.05) is 6.07 Å². The van der Waals surface area contributed by atoms with Gasteiger partial charge in [0, 0.05) is 44.7 Å². The van der Waals surface area contributed by atoms with E-state index in [0.29, 0.717) is 36.8 Å². The van der Waals surface area contributed by atoms with E-state index in [0.717, 1.165) is 47.5 Å². The summed E-state index contributed by atoms with van der Waals surface area (Å²) >= 11 is 0. The van der Waals surface area contributed by atoms with Gasteiger partial charge in [0.05, 0.1) is 23.6 Å². The van der Waals surface area contributed by atoms with Crippen LogP contribution in [0, 0.1) is 11.8 Å². The first-order chi connectivity index (χ1) is 18.9. The molecule has 1 aromatic heterocycles. The molecule has 39 heavy (non-hydrogen) atoms. The molecule has 0 spiro atoms. The molecule has 3 fully saturated rings. The molecule has 8 nitrogen and oxygen atoms in total. The number of anilines is 1. The van der Waals surface area contributed by atoms with E-state index >= 15 is 0 Å². The van der Waals surface area contributed by atoms with Crippen molar-refractivity contribution in [3.63, 3.8) is 0 Å². The van der Waals surface area contributed by atoms with Crippen LogP contribution in [0.5, 0.6) is 5.75 Å². The van der Waals surface area contributed by atoms with Crippen LogP contribution in [0.4, 0.5) is 5.82 Å². The standard InChI is InChI=1S/C30H39N5O3S/c1-22(33-17-19-35(20-18-33)39(36,37)26-13-11-25(38-2)12-14-26)29-31-28-10-6-5-9-27(28)30(32-29)34-16-15-23-7-3-4-8-24(23)21-34/h5-6,9-14,22-24H,3-4,7-8,15-21H2,1-2H3. The Morgan fingerprint density at radius 3 is 2.33 bits per heavy atom. The summed E-state index contributed by atoms with van der Waals surface area (Å²) in [6, 6.07) is 15.0. The fourth-order valence-corrected chi connectivity index (χ4v) is 8.11. The lowest BCUT2D eigenvalue weighted by Crippen LogP contribution is -2.49. The van der Waals surface area contributed by atoms with Crippen molar-refractivity contribution in [1.29, 1.82) is 0 Å². The molecule has 3 unspecified atom stereocenters. The monoisotopic (exact) mass is 549 g/mol. The van der Waals surface area contributed by atoms with Gasteiger partial charge in [0.25, 0.3) is 0 Å². The largest absolute Gasteiger partial charge is 0.497 e. The molecule has 2 aliphatic heterocycles. The molecule has 0 amide bonds. The number of hydrogen-bond donors (Lipinski definition) is 0. The first-order valence-corrected chi connectivity index (χ1v) is 15.8. The number of hydrogen-bond acceptors (Lipinski definition) is 7. The van der Waals surface area contributed by atoms with E-state index in [9.17, 15) is 8.42 Å². The van der Waals surface area contributed by atoms with Gasteiger partial charge in [-0.2, -0.15) is 4.31 Å². The Bertz CT molecular complexity index is 1410. The van der Waals surface area contributed by atoms with E-state index in [1.165, 1.54) is 32.1 Å². The van der Waals surface area contributed by atoms with Crippen LogP contribution in [-0.4, -0.2) is 74.0 Å². The van der Waals surface area contributed by atoms with Gasteiger partial charge in [0.1, 0.15) is 17.4 Å². The van der Waals surface area contributed by atoms with Gasteiger partial charge >= 0.3 is 0 Å². The van der Waals surface area contributed by atoms with Crippen LogP contribution in [0.3, 0.4) is 0 Å². The lowest BCUT2D eigenvalue weighted by Gasteiger charge is -2.42. The SMILES string of the molecule is COc1ccc(S(=O)(=O)N2CCN(C(C)c3nc(N4CCC5CCCCC5C4)c4ccccc4n3)CC2)cc1. The number of benzene rings is 2. The molecule has 3 heterocycles. The van der Waals surface area contributed by atoms with E-state index < -0.39 is 10.0 Å². The van der Waals surface area contributed by atoms with E-state index in [-0.39, 0.29) is 6.04 Å². The number of ether oxygens (including phenoxy) is 1. The van der Waals surface area contributed by atoms with Gasteiger partial charge in [0.2, 0.25) is 10.0 Å². The lowest BCUT2D eigenvalue weighted by molar-refractivity contribution is 0.141. The van der Waals surface area contributed by atoms with E-state index in [2.05, 4.69) is 34.9 Å². The second kappa shape index (κ2) is 11.0. The number of fused-ring (bicyclic) bond motifs is 2. The van der Waals surface area contributed by atoms with Gasteiger partial charge in [-0.3, -0.25) is 4.90 Å². The van der Waals surface area contributed by atoms with Gasteiger partial charge in [0.15, 0.2) is 0 Å². The number of methoxy groups -OCH3 is 1. The maximum atomic E-state index is 13.2. The minimum atomic E-state index is -3.55. The van der Waals surface area contributed by atoms with Crippen molar-refractivity contribution in [3.05, 3.63) is 54.4 Å². The molecule has 0 radical (unpaired) electrons. The van der Waals surface area contributed by atoms with Crippen molar-refractivity contribution >= 4 is 26.7 Å². The smallest absolute Gasteiger partial charge is 0.243 e. The molecule has 0 bridgehead atoms. The van der Waals surface area contributed by atoms with Crippen LogP contribution < -0.4 is 9.64 Å². The molecule has 2 aromatic carbocycles. The Morgan fingerprint density at radius 2 is 1.59 bits per heavy atom. The Balaban J connectivity index is 1.19. The third kappa shape index (κ3) is 5.24. The van der Waals surface area contributed by atoms with Crippen molar-refractivity contribution in [2.45, 2.75) is 50.0 Å². The van der Waals surface area contributed by atoms with Crippen LogP contribution in [0.1, 0.15) is 50.9 Å². The summed E-state index contributed by atoms with van der Waals surface area (Å²) in [5.41, 5.74) is 0.982. The number of para-hydroxylation sites is 1. The van der Waals surface area contributed by atoms with Crippen molar-refractivity contribution < 1.29 is 13.2 Å². The zero-order valence-corrected chi connectivity index (χ0v) is 23.8. The van der Waals surface area contributed by atoms with Crippen molar-refractivity contribution in [2.24, 2.45) is 11.8 Å². The van der Waals surface area contributed by atoms with Crippen molar-refractivity contribution in [2.75, 3.05) is 51.3 Å². The summed E-state index contributed by atoms with van der Waals surface area (Å²) < 4.78 is 33.2. The van der Waals surface area contributed by atoms with Gasteiger partial charge in [-0.15, -0.1) is 0 Å². The fourth-order valence-electron chi connectivity index (χ4n) is 6.69. The molecular weight excluding hydrogens is 510 g/mol. The second-order valence-corrected chi connectivity index (χ2v) is 13.2. The zero-order valence-electron chi connectivity index (χ0n) is 23.0. The molecule has 1 saturated carbocycles. The average Bonchev–Trinajstić information content (AvgIpc) is 3.00. The zero-order chi connectivity index (χ0) is 27.0. The third-order valence-corrected chi connectivity index (χ3v) is 11.0. The van der Waals surface area contributed by atoms with Gasteiger partial charge in [-0.1, -0.05) is 31.4 Å². The first-order valence-electron chi connectivity index (χ1n) is 14.3. The number of sulfonamides is 1. The van der Waals surface area contributed by atoms with Crippen molar-refractivity contribution in [3.8, 4) is 5.75 Å². The maximum absolute atomic E-state index is 13.2. The first kappa shape index (κ1) is 26.5. The summed E-state index contributed by atoms with van der Waals surface area (Å²) in [4.78, 5) is 15.3. The predicted octanol–water partition coefficient (Wildman–Crippen LogP) is 4.72. The normalized spacial score (nSPS) is 23.9. The summed E-state index contributed by atoms with van der Waals surface area (Å²) in [5, 5.41) is 1.12. The Kier molecular flexibility index (Phi) is 7.48. The Labute approximate surface area is 232 Å². The highest BCUT2D eigenvalue weighted by molar-refractivity contribution is 7.89. The molecule has 3 aromatic rings. The van der Waals surface area contributed by atoms with Crippen LogP contribution >= 0.6 is 0 Å². The minimum absolute atomic E-state index is 0.00795. The van der Waals surface area contributed by atoms with Crippen LogP contribution in [0.15, 0.2) is 53.4 Å². The van der Waals surface area contributed by atoms with E-state index in [1.54, 1.807) is 35.7 Å². The lowest BCUT2D eigenvalue weighted by atomic mass is 9.75. The molecule has 1 aliphatic carbocycles. The van der Waals surface area contributed by atoms with Gasteiger partial charge in [-0.05, 0) is 68.0 Å². The molecule has 0 N–H and O–H groups in total. The van der Waals surface area contributed by atoms with Gasteiger partial charge < -0.3 is 9.64 Å². The molecular formula is C30H39N5O3S. The molecule has 9 heteroatoms. The van der Waals surface area contributed by atoms with Crippen LogP contribution in [-0.2, 0) is 10.0 Å². The quantitative estimate of drug-likeness (QED) is 0.440. The number of piperazine rings is 1. The van der Waals surface area contributed by atoms with Crippen LogP contribution in [0.25, 0.3) is 10.9 Å². The maximum Gasteiger partial charge on any atom is 0.243 e. The van der Waals surface area contributed by atoms with Gasteiger partial charge in [-0.25, -0.2) is 18.4 Å². The summed E-state index contributed by atoms with van der Waals surface area (Å²) in [6.45, 7) is 6.43. The number of nitrogens with zero attached hydrogens (tertiary/aromatic N) is 5. The fraction of sp³-hybridized carbons (Fsp3) is 0.533. The Hall–Kier alpha value is -2.75. The molecule has 208 valence electrons. The summed E-state index contributed by atoms with van der Waals surface area (Å²) in [6.07, 6.45) is 6.69. The minimum Gasteiger partial charge on any atom is -0.497 e. The second-order valence-electron chi connectivity index (χ2n) is 11.3. The predicted molar refractivity (Wildman–Crippen MR) is 154 cm³/mol. The van der Waals surface area contributed by atoms with Crippen molar-refractivity contribution in [1.82, 2.24) is 19.2 Å². The topological polar surface area (TPSA) is 78.9 Å². The molecule has 3 atom stereocenters. The third-order valence-electron chi connectivity index (χ3n) is 9.08. The highest BCUT2D eigenvalue weighted by Crippen LogP contribution is 2.39. The molecule has 6 rings (SSSR count). The Morgan fingerprint density at radius 1 is 0.872 bits per heavy atom. The highest BCUT2D eigenvalue weighted by atomic mass is 32.2. The molecule has 2 saturated heterocycles. The van der Waals surface area contributed by atoms with Crippen LogP contribution in [0.2, 0.25) is 0 Å². The number of aromatic nitrogens is 2. The summed E-state index contributed by atoms with van der Waals surface area (Å²) in [5.74, 6) is 4.16.